The third-order valence-electron chi connectivity index (χ3n) is 4.11. The molecule has 1 aliphatic heterocycles. The van der Waals surface area contributed by atoms with E-state index >= 15 is 0 Å². The van der Waals surface area contributed by atoms with Crippen LogP contribution >= 0.6 is 0 Å². The third kappa shape index (κ3) is 2.98. The number of aryl methyl sites for hydroxylation is 1. The van der Waals surface area contributed by atoms with Crippen LogP contribution in [0.15, 0.2) is 24.3 Å². The molecule has 19 heavy (non-hydrogen) atoms. The van der Waals surface area contributed by atoms with E-state index in [1.54, 1.807) is 0 Å². The van der Waals surface area contributed by atoms with Crippen molar-refractivity contribution in [3.8, 4) is 5.75 Å². The molecule has 1 heterocycles. The summed E-state index contributed by atoms with van der Waals surface area (Å²) in [5.41, 5.74) is 1.16. The number of epoxide rings is 1. The van der Waals surface area contributed by atoms with E-state index in [2.05, 4.69) is 0 Å². The Kier molecular flexibility index (Phi) is 3.56. The van der Waals surface area contributed by atoms with Gasteiger partial charge in [-0.25, -0.2) is 4.79 Å². The van der Waals surface area contributed by atoms with Gasteiger partial charge in [0, 0.05) is 0 Å². The summed E-state index contributed by atoms with van der Waals surface area (Å²) in [7, 11) is 0. The summed E-state index contributed by atoms with van der Waals surface area (Å²) in [6.07, 6.45) is 6.02. The Morgan fingerprint density at radius 3 is 2.53 bits per heavy atom. The van der Waals surface area contributed by atoms with Crippen LogP contribution in [0.4, 0.5) is 0 Å². The van der Waals surface area contributed by atoms with Crippen molar-refractivity contribution in [2.24, 2.45) is 5.92 Å². The van der Waals surface area contributed by atoms with Gasteiger partial charge in [-0.05, 0) is 37.8 Å². The number of hydrogen-bond acceptors (Lipinski definition) is 3. The van der Waals surface area contributed by atoms with E-state index < -0.39 is 0 Å². The molecule has 1 aromatic carbocycles. The van der Waals surface area contributed by atoms with Crippen LogP contribution in [0, 0.1) is 12.8 Å². The van der Waals surface area contributed by atoms with E-state index in [-0.39, 0.29) is 18.2 Å². The average Bonchev–Trinajstić information content (AvgIpc) is 3.23. The molecule has 2 atom stereocenters. The predicted molar refractivity (Wildman–Crippen MR) is 72.1 cm³/mol. The van der Waals surface area contributed by atoms with E-state index in [4.69, 9.17) is 9.47 Å². The molecule has 3 nitrogen and oxygen atoms in total. The number of ether oxygens (including phenoxy) is 2. The molecule has 0 radical (unpaired) electrons. The van der Waals surface area contributed by atoms with Crippen molar-refractivity contribution >= 4 is 5.97 Å². The van der Waals surface area contributed by atoms with Crippen LogP contribution in [0.2, 0.25) is 0 Å². The van der Waals surface area contributed by atoms with Crippen molar-refractivity contribution in [2.75, 3.05) is 0 Å². The number of esters is 1. The third-order valence-corrected chi connectivity index (χ3v) is 4.11. The smallest absolute Gasteiger partial charge is 0.343 e. The molecule has 1 saturated carbocycles. The van der Waals surface area contributed by atoms with Gasteiger partial charge in [-0.3, -0.25) is 0 Å². The van der Waals surface area contributed by atoms with Crippen molar-refractivity contribution in [3.05, 3.63) is 29.8 Å². The number of benzene rings is 1. The highest BCUT2D eigenvalue weighted by molar-refractivity contribution is 5.80. The van der Waals surface area contributed by atoms with Crippen LogP contribution < -0.4 is 4.74 Å². The number of rotatable bonds is 3. The van der Waals surface area contributed by atoms with Gasteiger partial charge in [-0.15, -0.1) is 0 Å². The lowest BCUT2D eigenvalue weighted by Crippen LogP contribution is -2.22. The van der Waals surface area contributed by atoms with Crippen LogP contribution in [-0.4, -0.2) is 18.2 Å². The average molecular weight is 260 g/mol. The zero-order chi connectivity index (χ0) is 13.2. The molecular formula is C16H20O3. The van der Waals surface area contributed by atoms with Crippen LogP contribution in [-0.2, 0) is 9.53 Å². The standard InChI is InChI=1S/C16H20O3/c1-11-7-9-13(10-8-11)18-16(17)15-14(19-15)12-5-3-2-4-6-12/h7-10,12,14-15H,2-6H2,1H3. The molecule has 0 bridgehead atoms. The molecule has 1 aliphatic carbocycles. The molecule has 2 unspecified atom stereocenters. The zero-order valence-electron chi connectivity index (χ0n) is 11.3. The van der Waals surface area contributed by atoms with Crippen LogP contribution in [0.3, 0.4) is 0 Å². The van der Waals surface area contributed by atoms with Crippen LogP contribution in [0.25, 0.3) is 0 Å². The second kappa shape index (κ2) is 5.33. The second-order valence-electron chi connectivity index (χ2n) is 5.65. The minimum Gasteiger partial charge on any atom is -0.425 e. The van der Waals surface area contributed by atoms with Gasteiger partial charge in [0.2, 0.25) is 0 Å². The van der Waals surface area contributed by atoms with Gasteiger partial charge in [0.15, 0.2) is 6.10 Å². The van der Waals surface area contributed by atoms with Crippen molar-refractivity contribution in [1.29, 1.82) is 0 Å². The largest absolute Gasteiger partial charge is 0.425 e. The van der Waals surface area contributed by atoms with Crippen molar-refractivity contribution in [3.63, 3.8) is 0 Å². The monoisotopic (exact) mass is 260 g/mol. The first-order valence-corrected chi connectivity index (χ1v) is 7.18. The molecule has 2 fully saturated rings. The summed E-state index contributed by atoms with van der Waals surface area (Å²) in [5, 5.41) is 0. The predicted octanol–water partition coefficient (Wildman–Crippen LogP) is 3.25. The van der Waals surface area contributed by atoms with Crippen LogP contribution in [0.5, 0.6) is 5.75 Å². The van der Waals surface area contributed by atoms with Gasteiger partial charge < -0.3 is 9.47 Å². The fraction of sp³-hybridized carbons (Fsp3) is 0.562. The maximum absolute atomic E-state index is 12.0. The Balaban J connectivity index is 1.53. The number of hydrogen-bond donors (Lipinski definition) is 0. The molecule has 0 N–H and O–H groups in total. The highest BCUT2D eigenvalue weighted by Crippen LogP contribution is 2.39. The summed E-state index contributed by atoms with van der Waals surface area (Å²) >= 11 is 0. The van der Waals surface area contributed by atoms with Crippen molar-refractivity contribution in [2.45, 2.75) is 51.2 Å². The Morgan fingerprint density at radius 1 is 1.16 bits per heavy atom. The second-order valence-corrected chi connectivity index (χ2v) is 5.65. The topological polar surface area (TPSA) is 38.8 Å². The highest BCUT2D eigenvalue weighted by atomic mass is 16.6. The minimum absolute atomic E-state index is 0.109. The Hall–Kier alpha value is -1.35. The maximum Gasteiger partial charge on any atom is 0.343 e. The van der Waals surface area contributed by atoms with Gasteiger partial charge in [-0.1, -0.05) is 37.0 Å². The molecule has 0 amide bonds. The lowest BCUT2D eigenvalue weighted by molar-refractivity contribution is -0.135. The fourth-order valence-electron chi connectivity index (χ4n) is 2.92. The van der Waals surface area contributed by atoms with Crippen LogP contribution in [0.1, 0.15) is 37.7 Å². The molecule has 3 heteroatoms. The first-order valence-electron chi connectivity index (χ1n) is 7.18. The van der Waals surface area contributed by atoms with Gasteiger partial charge in [0.25, 0.3) is 0 Å². The first-order chi connectivity index (χ1) is 9.24. The SMILES string of the molecule is Cc1ccc(OC(=O)C2OC2C2CCCCC2)cc1. The summed E-state index contributed by atoms with van der Waals surface area (Å²) < 4.78 is 10.9. The normalized spacial score (nSPS) is 27.0. The van der Waals surface area contributed by atoms with Crippen molar-refractivity contribution in [1.82, 2.24) is 0 Å². The molecule has 1 saturated heterocycles. The zero-order valence-corrected chi connectivity index (χ0v) is 11.3. The van der Waals surface area contributed by atoms with E-state index in [1.807, 2.05) is 31.2 Å². The summed E-state index contributed by atoms with van der Waals surface area (Å²) in [5.74, 6) is 0.928. The lowest BCUT2D eigenvalue weighted by atomic mass is 9.86. The van der Waals surface area contributed by atoms with E-state index in [1.165, 1.54) is 32.1 Å². The quantitative estimate of drug-likeness (QED) is 0.476. The molecule has 1 aromatic rings. The summed E-state index contributed by atoms with van der Waals surface area (Å²) in [6.45, 7) is 2.01. The minimum atomic E-state index is -0.329. The first kappa shape index (κ1) is 12.7. The number of carbonyl (C=O) groups is 1. The molecule has 0 aromatic heterocycles. The Morgan fingerprint density at radius 2 is 1.84 bits per heavy atom. The molecule has 2 aliphatic rings. The molecule has 102 valence electrons. The van der Waals surface area contributed by atoms with E-state index in [9.17, 15) is 4.79 Å². The van der Waals surface area contributed by atoms with E-state index in [0.717, 1.165) is 5.56 Å². The molecule has 0 spiro atoms. The van der Waals surface area contributed by atoms with Gasteiger partial charge in [0.1, 0.15) is 5.75 Å². The molecule has 3 rings (SSSR count). The van der Waals surface area contributed by atoms with Gasteiger partial charge in [-0.2, -0.15) is 0 Å². The van der Waals surface area contributed by atoms with Crippen molar-refractivity contribution < 1.29 is 14.3 Å². The Labute approximate surface area is 113 Å². The molecular weight excluding hydrogens is 240 g/mol. The number of carbonyl (C=O) groups excluding carboxylic acids is 1. The highest BCUT2D eigenvalue weighted by Gasteiger charge is 2.50. The van der Waals surface area contributed by atoms with E-state index in [0.29, 0.717) is 11.7 Å². The lowest BCUT2D eigenvalue weighted by Gasteiger charge is -2.19. The fourth-order valence-corrected chi connectivity index (χ4v) is 2.92. The summed E-state index contributed by atoms with van der Waals surface area (Å²) in [4.78, 5) is 12.0. The Bertz CT molecular complexity index is 446. The van der Waals surface area contributed by atoms with Gasteiger partial charge in [0.05, 0.1) is 6.10 Å². The summed E-state index contributed by atoms with van der Waals surface area (Å²) in [6, 6.07) is 7.53. The maximum atomic E-state index is 12.0. The van der Waals surface area contributed by atoms with Gasteiger partial charge >= 0.3 is 5.97 Å².